The minimum atomic E-state index is -0.860. The molecule has 0 aliphatic carbocycles. The van der Waals surface area contributed by atoms with E-state index in [0.29, 0.717) is 28.3 Å². The zero-order valence-corrected chi connectivity index (χ0v) is 15.1. The van der Waals surface area contributed by atoms with Gasteiger partial charge in [-0.25, -0.2) is 19.4 Å². The number of rotatable bonds is 2. The highest BCUT2D eigenvalue weighted by molar-refractivity contribution is 6.00. The molecule has 0 aliphatic rings. The van der Waals surface area contributed by atoms with Gasteiger partial charge in [0, 0.05) is 17.0 Å². The number of amides is 1. The van der Waals surface area contributed by atoms with Crippen LogP contribution in [-0.2, 0) is 5.54 Å². The predicted molar refractivity (Wildman–Crippen MR) is 102 cm³/mol. The predicted octanol–water partition coefficient (Wildman–Crippen LogP) is 2.77. The van der Waals surface area contributed by atoms with Gasteiger partial charge in [0.1, 0.15) is 23.6 Å². The van der Waals surface area contributed by atoms with Crippen LogP contribution in [-0.4, -0.2) is 30.8 Å². The smallest absolute Gasteiger partial charge is 0.409 e. The third-order valence-electron chi connectivity index (χ3n) is 4.20. The number of hydrogen-bond donors (Lipinski definition) is 3. The summed E-state index contributed by atoms with van der Waals surface area (Å²) in [5.74, 6) is 0.721. The van der Waals surface area contributed by atoms with Gasteiger partial charge in [-0.3, -0.25) is 0 Å². The van der Waals surface area contributed by atoms with Crippen molar-refractivity contribution in [2.45, 2.75) is 26.3 Å². The van der Waals surface area contributed by atoms with Crippen molar-refractivity contribution in [3.05, 3.63) is 30.6 Å². The number of fused-ring (bicyclic) bond motifs is 2. The molecular formula is C18H19N7O2. The molecule has 9 heteroatoms. The Morgan fingerprint density at radius 2 is 2.00 bits per heavy atom. The number of aromatic amines is 1. The summed E-state index contributed by atoms with van der Waals surface area (Å²) >= 11 is 0. The monoisotopic (exact) mass is 365 g/mol. The lowest BCUT2D eigenvalue weighted by Crippen LogP contribution is -2.23. The van der Waals surface area contributed by atoms with Gasteiger partial charge in [0.25, 0.3) is 0 Å². The zero-order chi connectivity index (χ0) is 19.3. The molecule has 0 aliphatic heterocycles. The van der Waals surface area contributed by atoms with E-state index >= 15 is 0 Å². The van der Waals surface area contributed by atoms with E-state index in [1.807, 2.05) is 37.6 Å². The Bertz CT molecular complexity index is 1180. The lowest BCUT2D eigenvalue weighted by atomic mass is 10.1. The summed E-state index contributed by atoms with van der Waals surface area (Å²) in [5, 5.41) is 6.37. The number of benzene rings is 1. The first-order chi connectivity index (χ1) is 12.7. The van der Waals surface area contributed by atoms with Crippen LogP contribution in [0.2, 0.25) is 0 Å². The van der Waals surface area contributed by atoms with Gasteiger partial charge >= 0.3 is 6.09 Å². The lowest BCUT2D eigenvalue weighted by Gasteiger charge is -2.19. The summed E-state index contributed by atoms with van der Waals surface area (Å²) in [6.45, 7) is 6.13. The highest BCUT2D eigenvalue weighted by Gasteiger charge is 2.24. The summed E-state index contributed by atoms with van der Waals surface area (Å²) in [6, 6.07) is 7.15. The SMILES string of the molecule is CC(C)(C)n1nc(-c2cc3ccc(OC(N)=O)cc3[nH]2)c2c(N)ncnc21. The summed E-state index contributed by atoms with van der Waals surface area (Å²) in [6.07, 6.45) is 0.574. The maximum atomic E-state index is 11.0. The third-order valence-corrected chi connectivity index (χ3v) is 4.20. The number of nitrogens with one attached hydrogen (secondary N) is 1. The number of carbonyl (C=O) groups excluding carboxylic acids is 1. The van der Waals surface area contributed by atoms with E-state index < -0.39 is 6.09 Å². The maximum Gasteiger partial charge on any atom is 0.409 e. The van der Waals surface area contributed by atoms with E-state index in [0.717, 1.165) is 16.6 Å². The number of aromatic nitrogens is 5. The van der Waals surface area contributed by atoms with Crippen LogP contribution in [0.25, 0.3) is 33.3 Å². The van der Waals surface area contributed by atoms with Crippen molar-refractivity contribution in [3.63, 3.8) is 0 Å². The summed E-state index contributed by atoms with van der Waals surface area (Å²) in [5.41, 5.74) is 13.8. The van der Waals surface area contributed by atoms with Gasteiger partial charge in [0.05, 0.1) is 16.6 Å². The normalized spacial score (nSPS) is 12.0. The van der Waals surface area contributed by atoms with Gasteiger partial charge in [-0.2, -0.15) is 5.10 Å². The Balaban J connectivity index is 1.93. The minimum Gasteiger partial charge on any atom is -0.410 e. The minimum absolute atomic E-state index is 0.286. The topological polar surface area (TPSA) is 138 Å². The Morgan fingerprint density at radius 1 is 1.22 bits per heavy atom. The van der Waals surface area contributed by atoms with Crippen LogP contribution in [0.4, 0.5) is 10.6 Å². The average Bonchev–Trinajstić information content (AvgIpc) is 3.15. The van der Waals surface area contributed by atoms with Crippen molar-refractivity contribution in [3.8, 4) is 17.1 Å². The number of hydrogen-bond acceptors (Lipinski definition) is 6. The third kappa shape index (κ3) is 2.82. The number of carbonyl (C=O) groups is 1. The Labute approximate surface area is 154 Å². The molecule has 1 aromatic carbocycles. The fourth-order valence-electron chi connectivity index (χ4n) is 3.04. The molecule has 4 rings (SSSR count). The fourth-order valence-corrected chi connectivity index (χ4v) is 3.04. The molecule has 1 amide bonds. The summed E-state index contributed by atoms with van der Waals surface area (Å²) in [7, 11) is 0. The molecule has 0 spiro atoms. The summed E-state index contributed by atoms with van der Waals surface area (Å²) < 4.78 is 6.77. The van der Waals surface area contributed by atoms with Crippen LogP contribution in [0.5, 0.6) is 5.75 Å². The average molecular weight is 365 g/mol. The first kappa shape index (κ1) is 16.8. The number of nitrogens with zero attached hydrogens (tertiary/aromatic N) is 4. The molecule has 0 fully saturated rings. The standard InChI is InChI=1S/C18H19N7O2/c1-18(2,3)25-16-13(15(19)21-8-22-16)14(24-25)12-6-9-4-5-10(27-17(20)26)7-11(9)23-12/h4-8,23H,1-3H3,(H2,20,26)(H2,19,21,22). The Kier molecular flexibility index (Phi) is 3.55. The fraction of sp³-hybridized carbons (Fsp3) is 0.222. The molecule has 138 valence electrons. The van der Waals surface area contributed by atoms with Crippen molar-refractivity contribution < 1.29 is 9.53 Å². The molecule has 3 aromatic heterocycles. The molecule has 0 bridgehead atoms. The van der Waals surface area contributed by atoms with Crippen LogP contribution < -0.4 is 16.2 Å². The first-order valence-corrected chi connectivity index (χ1v) is 8.34. The van der Waals surface area contributed by atoms with Gasteiger partial charge in [0.15, 0.2) is 5.65 Å². The van der Waals surface area contributed by atoms with Crippen molar-refractivity contribution in [1.29, 1.82) is 0 Å². The van der Waals surface area contributed by atoms with Crippen molar-refractivity contribution in [2.24, 2.45) is 5.73 Å². The highest BCUT2D eigenvalue weighted by Crippen LogP contribution is 2.34. The van der Waals surface area contributed by atoms with Crippen LogP contribution in [0.1, 0.15) is 20.8 Å². The summed E-state index contributed by atoms with van der Waals surface area (Å²) in [4.78, 5) is 22.7. The largest absolute Gasteiger partial charge is 0.410 e. The van der Waals surface area contributed by atoms with E-state index in [2.05, 4.69) is 15.0 Å². The molecule has 0 unspecified atom stereocenters. The van der Waals surface area contributed by atoms with Gasteiger partial charge in [-0.05, 0) is 39.0 Å². The van der Waals surface area contributed by atoms with Crippen molar-refractivity contribution >= 4 is 33.8 Å². The number of ether oxygens (including phenoxy) is 1. The van der Waals surface area contributed by atoms with Crippen LogP contribution in [0.15, 0.2) is 30.6 Å². The van der Waals surface area contributed by atoms with E-state index in [4.69, 9.17) is 21.3 Å². The molecule has 3 heterocycles. The Morgan fingerprint density at radius 3 is 2.70 bits per heavy atom. The second-order valence-corrected chi connectivity index (χ2v) is 7.24. The molecule has 0 saturated carbocycles. The second-order valence-electron chi connectivity index (χ2n) is 7.24. The zero-order valence-electron chi connectivity index (χ0n) is 15.1. The number of nitrogen functional groups attached to an aromatic ring is 1. The van der Waals surface area contributed by atoms with Gasteiger partial charge in [0.2, 0.25) is 0 Å². The molecule has 0 atom stereocenters. The Hall–Kier alpha value is -3.62. The molecule has 27 heavy (non-hydrogen) atoms. The van der Waals surface area contributed by atoms with E-state index in [1.165, 1.54) is 6.33 Å². The molecule has 5 N–H and O–H groups in total. The number of H-pyrrole nitrogens is 1. The second kappa shape index (κ2) is 5.70. The van der Waals surface area contributed by atoms with Gasteiger partial charge in [-0.1, -0.05) is 0 Å². The number of primary amides is 1. The first-order valence-electron chi connectivity index (χ1n) is 8.34. The quantitative estimate of drug-likeness (QED) is 0.499. The van der Waals surface area contributed by atoms with Crippen molar-refractivity contribution in [1.82, 2.24) is 24.7 Å². The molecule has 9 nitrogen and oxygen atoms in total. The highest BCUT2D eigenvalue weighted by atomic mass is 16.5. The maximum absolute atomic E-state index is 11.0. The van der Waals surface area contributed by atoms with Crippen LogP contribution >= 0.6 is 0 Å². The van der Waals surface area contributed by atoms with E-state index in [1.54, 1.807) is 12.1 Å². The van der Waals surface area contributed by atoms with Crippen molar-refractivity contribution in [2.75, 3.05) is 5.73 Å². The number of nitrogens with two attached hydrogens (primary N) is 2. The van der Waals surface area contributed by atoms with Gasteiger partial charge < -0.3 is 21.2 Å². The molecule has 0 radical (unpaired) electrons. The van der Waals surface area contributed by atoms with E-state index in [-0.39, 0.29) is 5.54 Å². The lowest BCUT2D eigenvalue weighted by molar-refractivity contribution is 0.211. The van der Waals surface area contributed by atoms with Crippen LogP contribution in [0, 0.1) is 0 Å². The molecular weight excluding hydrogens is 346 g/mol. The van der Waals surface area contributed by atoms with E-state index in [9.17, 15) is 4.79 Å². The van der Waals surface area contributed by atoms with Gasteiger partial charge in [-0.15, -0.1) is 0 Å². The number of anilines is 1. The molecule has 4 aromatic rings. The van der Waals surface area contributed by atoms with Crippen LogP contribution in [0.3, 0.4) is 0 Å². The molecule has 0 saturated heterocycles.